The number of thiazole rings is 1. The van der Waals surface area contributed by atoms with Gasteiger partial charge in [-0.2, -0.15) is 4.99 Å². The minimum atomic E-state index is -0.515. The van der Waals surface area contributed by atoms with Gasteiger partial charge in [-0.05, 0) is 43.3 Å². The number of carbonyl (C=O) groups excluding carboxylic acids is 2. The topological polar surface area (TPSA) is 72.7 Å². The van der Waals surface area contributed by atoms with Gasteiger partial charge in [-0.3, -0.25) is 9.59 Å². The third-order valence-electron chi connectivity index (χ3n) is 3.94. The summed E-state index contributed by atoms with van der Waals surface area (Å²) in [5.74, 6) is -1.16. The molecule has 3 aromatic rings. The van der Waals surface area contributed by atoms with Crippen molar-refractivity contribution in [3.63, 3.8) is 0 Å². The molecule has 0 spiro atoms. The lowest BCUT2D eigenvalue weighted by atomic mass is 10.2. The normalized spacial score (nSPS) is 11.8. The largest absolute Gasteiger partial charge is 0.380 e. The van der Waals surface area contributed by atoms with Gasteiger partial charge >= 0.3 is 0 Å². The van der Waals surface area contributed by atoms with Crippen molar-refractivity contribution < 1.29 is 18.7 Å². The van der Waals surface area contributed by atoms with Crippen molar-refractivity contribution in [2.45, 2.75) is 20.4 Å². The van der Waals surface area contributed by atoms with Crippen LogP contribution in [0.3, 0.4) is 0 Å². The van der Waals surface area contributed by atoms with Gasteiger partial charge in [0, 0.05) is 31.3 Å². The first-order valence-corrected chi connectivity index (χ1v) is 9.63. The van der Waals surface area contributed by atoms with E-state index < -0.39 is 11.7 Å². The molecule has 28 heavy (non-hydrogen) atoms. The summed E-state index contributed by atoms with van der Waals surface area (Å²) >= 11 is 1.33. The first kappa shape index (κ1) is 19.9. The van der Waals surface area contributed by atoms with E-state index in [0.29, 0.717) is 30.2 Å². The third kappa shape index (κ3) is 4.71. The zero-order valence-electron chi connectivity index (χ0n) is 15.6. The van der Waals surface area contributed by atoms with E-state index in [1.54, 1.807) is 6.07 Å². The highest BCUT2D eigenvalue weighted by atomic mass is 32.1. The Morgan fingerprint density at radius 2 is 2.07 bits per heavy atom. The summed E-state index contributed by atoms with van der Waals surface area (Å²) in [6, 6.07) is 11.0. The van der Waals surface area contributed by atoms with Crippen molar-refractivity contribution in [2.75, 3.05) is 18.5 Å². The lowest BCUT2D eigenvalue weighted by molar-refractivity contribution is -0.114. The number of amides is 2. The van der Waals surface area contributed by atoms with E-state index >= 15 is 0 Å². The second kappa shape index (κ2) is 8.90. The zero-order valence-corrected chi connectivity index (χ0v) is 16.4. The smallest absolute Gasteiger partial charge is 0.279 e. The Hall–Kier alpha value is -2.84. The molecule has 1 N–H and O–H groups in total. The van der Waals surface area contributed by atoms with Crippen LogP contribution in [0.5, 0.6) is 0 Å². The standard InChI is InChI=1S/C20H20FN3O3S/c1-3-27-10-9-24-17-8-7-16(22-13(2)25)12-18(17)28-20(24)23-19(26)14-5-4-6-15(21)11-14/h4-8,11-12H,3,9-10H2,1-2H3,(H,22,25). The molecule has 2 aromatic carbocycles. The molecule has 2 amide bonds. The Morgan fingerprint density at radius 3 is 2.79 bits per heavy atom. The third-order valence-corrected chi connectivity index (χ3v) is 4.98. The van der Waals surface area contributed by atoms with Crippen molar-refractivity contribution in [3.05, 3.63) is 58.6 Å². The van der Waals surface area contributed by atoms with Crippen molar-refractivity contribution in [2.24, 2.45) is 4.99 Å². The van der Waals surface area contributed by atoms with E-state index in [0.717, 1.165) is 10.2 Å². The molecular weight excluding hydrogens is 381 g/mol. The van der Waals surface area contributed by atoms with Crippen LogP contribution in [0.15, 0.2) is 47.5 Å². The average molecular weight is 401 g/mol. The SMILES string of the molecule is CCOCCn1c(=NC(=O)c2cccc(F)c2)sc2cc(NC(C)=O)ccc21. The van der Waals surface area contributed by atoms with Gasteiger partial charge < -0.3 is 14.6 Å². The number of halogens is 1. The van der Waals surface area contributed by atoms with Gasteiger partial charge in [-0.25, -0.2) is 4.39 Å². The second-order valence-corrected chi connectivity index (χ2v) is 7.03. The van der Waals surface area contributed by atoms with E-state index in [1.165, 1.54) is 42.5 Å². The highest BCUT2D eigenvalue weighted by molar-refractivity contribution is 7.16. The summed E-state index contributed by atoms with van der Waals surface area (Å²) in [5.41, 5.74) is 1.73. The number of hydrogen-bond acceptors (Lipinski definition) is 4. The molecule has 1 heterocycles. The number of nitrogens with one attached hydrogen (secondary N) is 1. The van der Waals surface area contributed by atoms with Gasteiger partial charge in [0.05, 0.1) is 16.8 Å². The highest BCUT2D eigenvalue weighted by Crippen LogP contribution is 2.22. The number of hydrogen-bond donors (Lipinski definition) is 1. The number of carbonyl (C=O) groups is 2. The molecule has 6 nitrogen and oxygen atoms in total. The summed E-state index contributed by atoms with van der Waals surface area (Å²) in [4.78, 5) is 28.5. The molecule has 0 aliphatic rings. The Kier molecular flexibility index (Phi) is 6.33. The fraction of sp³-hybridized carbons (Fsp3) is 0.250. The van der Waals surface area contributed by atoms with Gasteiger partial charge in [0.1, 0.15) is 5.82 Å². The maximum absolute atomic E-state index is 13.4. The van der Waals surface area contributed by atoms with Crippen molar-refractivity contribution in [1.29, 1.82) is 0 Å². The van der Waals surface area contributed by atoms with Gasteiger partial charge in [0.25, 0.3) is 5.91 Å². The van der Waals surface area contributed by atoms with Crippen LogP contribution in [0.2, 0.25) is 0 Å². The molecule has 0 fully saturated rings. The van der Waals surface area contributed by atoms with Crippen LogP contribution in [-0.4, -0.2) is 29.6 Å². The van der Waals surface area contributed by atoms with E-state index in [1.807, 2.05) is 23.6 Å². The Balaban J connectivity index is 2.06. The number of anilines is 1. The molecule has 0 bridgehead atoms. The van der Waals surface area contributed by atoms with Gasteiger partial charge in [-0.15, -0.1) is 0 Å². The number of nitrogens with zero attached hydrogens (tertiary/aromatic N) is 2. The minimum absolute atomic E-state index is 0.161. The molecule has 0 saturated heterocycles. The van der Waals surface area contributed by atoms with Crippen molar-refractivity contribution >= 4 is 39.1 Å². The van der Waals surface area contributed by atoms with E-state index in [2.05, 4.69) is 10.3 Å². The van der Waals surface area contributed by atoms with Gasteiger partial charge in [0.15, 0.2) is 4.80 Å². The summed E-state index contributed by atoms with van der Waals surface area (Å²) in [6.45, 7) is 4.93. The number of aromatic nitrogens is 1. The summed E-state index contributed by atoms with van der Waals surface area (Å²) < 4.78 is 21.6. The molecule has 3 rings (SSSR count). The predicted molar refractivity (Wildman–Crippen MR) is 107 cm³/mol. The monoisotopic (exact) mass is 401 g/mol. The Morgan fingerprint density at radius 1 is 1.25 bits per heavy atom. The van der Waals surface area contributed by atoms with E-state index in [9.17, 15) is 14.0 Å². The first-order valence-electron chi connectivity index (χ1n) is 8.81. The number of fused-ring (bicyclic) bond motifs is 1. The fourth-order valence-corrected chi connectivity index (χ4v) is 3.82. The summed E-state index contributed by atoms with van der Waals surface area (Å²) in [7, 11) is 0. The molecule has 0 saturated carbocycles. The van der Waals surface area contributed by atoms with E-state index in [-0.39, 0.29) is 11.5 Å². The van der Waals surface area contributed by atoms with Crippen LogP contribution in [0, 0.1) is 5.82 Å². The lowest BCUT2D eigenvalue weighted by Crippen LogP contribution is -2.19. The van der Waals surface area contributed by atoms with Crippen LogP contribution >= 0.6 is 11.3 Å². The Bertz CT molecular complexity index is 1090. The summed E-state index contributed by atoms with van der Waals surface area (Å²) in [5, 5.41) is 2.75. The van der Waals surface area contributed by atoms with Crippen LogP contribution in [-0.2, 0) is 16.1 Å². The van der Waals surface area contributed by atoms with Gasteiger partial charge in [0.2, 0.25) is 5.91 Å². The van der Waals surface area contributed by atoms with Crippen LogP contribution in [0.4, 0.5) is 10.1 Å². The van der Waals surface area contributed by atoms with Crippen LogP contribution < -0.4 is 10.1 Å². The molecule has 0 aliphatic carbocycles. The molecule has 1 aromatic heterocycles. The van der Waals surface area contributed by atoms with Crippen LogP contribution in [0.25, 0.3) is 10.2 Å². The van der Waals surface area contributed by atoms with Crippen molar-refractivity contribution in [3.8, 4) is 0 Å². The second-order valence-electron chi connectivity index (χ2n) is 6.02. The molecule has 0 radical (unpaired) electrons. The zero-order chi connectivity index (χ0) is 20.1. The fourth-order valence-electron chi connectivity index (χ4n) is 2.73. The lowest BCUT2D eigenvalue weighted by Gasteiger charge is -2.06. The molecule has 0 atom stereocenters. The number of benzene rings is 2. The molecule has 146 valence electrons. The van der Waals surface area contributed by atoms with Gasteiger partial charge in [-0.1, -0.05) is 17.4 Å². The maximum atomic E-state index is 13.4. The molecule has 0 aliphatic heterocycles. The Labute approximate surface area is 165 Å². The average Bonchev–Trinajstić information content (AvgIpc) is 2.98. The quantitative estimate of drug-likeness (QED) is 0.642. The van der Waals surface area contributed by atoms with Crippen molar-refractivity contribution in [1.82, 2.24) is 4.57 Å². The number of rotatable bonds is 6. The highest BCUT2D eigenvalue weighted by Gasteiger charge is 2.11. The van der Waals surface area contributed by atoms with Crippen LogP contribution in [0.1, 0.15) is 24.2 Å². The number of ether oxygens (including phenoxy) is 1. The molecule has 0 unspecified atom stereocenters. The molecule has 8 heteroatoms. The van der Waals surface area contributed by atoms with E-state index in [4.69, 9.17) is 4.74 Å². The first-order chi connectivity index (χ1) is 13.5. The minimum Gasteiger partial charge on any atom is -0.380 e. The summed E-state index contributed by atoms with van der Waals surface area (Å²) in [6.07, 6.45) is 0. The molecular formula is C20H20FN3O3S. The predicted octanol–water partition coefficient (Wildman–Crippen LogP) is 3.58. The maximum Gasteiger partial charge on any atom is 0.279 e.